The van der Waals surface area contributed by atoms with Gasteiger partial charge in [0.15, 0.2) is 0 Å². The lowest BCUT2D eigenvalue weighted by atomic mass is 10.3. The maximum Gasteiger partial charge on any atom is 0.226 e. The van der Waals surface area contributed by atoms with Crippen LogP contribution in [0.2, 0.25) is 0 Å². The molecule has 0 radical (unpaired) electrons. The highest BCUT2D eigenvalue weighted by Crippen LogP contribution is 2.03. The Morgan fingerprint density at radius 3 is 3.06 bits per heavy atom. The van der Waals surface area contributed by atoms with Gasteiger partial charge >= 0.3 is 0 Å². The van der Waals surface area contributed by atoms with Gasteiger partial charge in [0.05, 0.1) is 24.9 Å². The predicted molar refractivity (Wildman–Crippen MR) is 55.5 cm³/mol. The molecule has 5 heteroatoms. The molecule has 2 rings (SSSR count). The first-order valence-electron chi connectivity index (χ1n) is 4.95. The fraction of sp³-hybridized carbons (Fsp3) is 0.273. The van der Waals surface area contributed by atoms with Crippen molar-refractivity contribution in [2.45, 2.75) is 19.9 Å². The van der Waals surface area contributed by atoms with Crippen molar-refractivity contribution in [2.75, 3.05) is 0 Å². The van der Waals surface area contributed by atoms with Gasteiger partial charge in [0, 0.05) is 6.07 Å². The molecule has 1 N–H and O–H groups in total. The standard InChI is InChI=1S/C11H12N2O3/c1-8-5-9(13-16-8)6-11(14)12-7-10-3-2-4-15-10/h2-5H,6-7H2,1H3,(H,12,14). The predicted octanol–water partition coefficient (Wildman–Crippen LogP) is 1.43. The summed E-state index contributed by atoms with van der Waals surface area (Å²) in [5, 5.41) is 6.47. The average molecular weight is 220 g/mol. The first-order chi connectivity index (χ1) is 7.74. The van der Waals surface area contributed by atoms with Crippen LogP contribution in [0.1, 0.15) is 17.2 Å². The van der Waals surface area contributed by atoms with E-state index in [1.54, 1.807) is 31.4 Å². The van der Waals surface area contributed by atoms with Gasteiger partial charge in [-0.2, -0.15) is 0 Å². The van der Waals surface area contributed by atoms with Gasteiger partial charge in [-0.15, -0.1) is 0 Å². The molecule has 2 aromatic heterocycles. The van der Waals surface area contributed by atoms with Crippen LogP contribution in [0.4, 0.5) is 0 Å². The summed E-state index contributed by atoms with van der Waals surface area (Å²) in [5.41, 5.74) is 0.634. The molecule has 0 aliphatic rings. The summed E-state index contributed by atoms with van der Waals surface area (Å²) in [7, 11) is 0. The molecule has 16 heavy (non-hydrogen) atoms. The highest BCUT2D eigenvalue weighted by Gasteiger charge is 2.07. The second kappa shape index (κ2) is 4.65. The quantitative estimate of drug-likeness (QED) is 0.846. The van der Waals surface area contributed by atoms with Crippen molar-refractivity contribution in [1.82, 2.24) is 10.5 Å². The van der Waals surface area contributed by atoms with Crippen molar-refractivity contribution in [3.63, 3.8) is 0 Å². The van der Waals surface area contributed by atoms with Gasteiger partial charge in [-0.1, -0.05) is 5.16 Å². The summed E-state index contributed by atoms with van der Waals surface area (Å²) in [6, 6.07) is 5.33. The van der Waals surface area contributed by atoms with Crippen LogP contribution < -0.4 is 5.32 Å². The fourth-order valence-corrected chi connectivity index (χ4v) is 1.33. The second-order valence-corrected chi connectivity index (χ2v) is 3.46. The molecule has 0 aliphatic carbocycles. The maximum atomic E-state index is 11.5. The molecule has 0 aromatic carbocycles. The monoisotopic (exact) mass is 220 g/mol. The Bertz CT molecular complexity index is 459. The van der Waals surface area contributed by atoms with Crippen LogP contribution in [0.15, 0.2) is 33.4 Å². The van der Waals surface area contributed by atoms with Crippen LogP contribution >= 0.6 is 0 Å². The largest absolute Gasteiger partial charge is 0.467 e. The summed E-state index contributed by atoms with van der Waals surface area (Å²) in [4.78, 5) is 11.5. The Labute approximate surface area is 92.4 Å². The lowest BCUT2D eigenvalue weighted by Gasteiger charge is -2.00. The number of aryl methyl sites for hydroxylation is 1. The number of rotatable bonds is 4. The zero-order chi connectivity index (χ0) is 11.4. The number of aromatic nitrogens is 1. The average Bonchev–Trinajstić information content (AvgIpc) is 2.87. The SMILES string of the molecule is Cc1cc(CC(=O)NCc2ccco2)no1. The molecule has 0 bridgehead atoms. The molecule has 0 saturated carbocycles. The Hall–Kier alpha value is -2.04. The van der Waals surface area contributed by atoms with E-state index in [9.17, 15) is 4.79 Å². The van der Waals surface area contributed by atoms with E-state index in [0.29, 0.717) is 18.0 Å². The van der Waals surface area contributed by atoms with E-state index in [-0.39, 0.29) is 12.3 Å². The molecule has 0 atom stereocenters. The molecular formula is C11H12N2O3. The molecule has 2 aromatic rings. The molecule has 84 valence electrons. The van der Waals surface area contributed by atoms with Crippen molar-refractivity contribution in [1.29, 1.82) is 0 Å². The molecule has 0 aliphatic heterocycles. The van der Waals surface area contributed by atoms with Crippen LogP contribution in [-0.2, 0) is 17.8 Å². The minimum atomic E-state index is -0.107. The first kappa shape index (κ1) is 10.5. The number of hydrogen-bond acceptors (Lipinski definition) is 4. The van der Waals surface area contributed by atoms with Crippen LogP contribution in [0.25, 0.3) is 0 Å². The van der Waals surface area contributed by atoms with Crippen LogP contribution in [0.3, 0.4) is 0 Å². The number of amides is 1. The normalized spacial score (nSPS) is 10.3. The van der Waals surface area contributed by atoms with E-state index in [4.69, 9.17) is 8.94 Å². The summed E-state index contributed by atoms with van der Waals surface area (Å²) in [5.74, 6) is 1.32. The van der Waals surface area contributed by atoms with Gasteiger partial charge in [0.2, 0.25) is 5.91 Å². The zero-order valence-corrected chi connectivity index (χ0v) is 8.90. The molecule has 2 heterocycles. The molecular weight excluding hydrogens is 208 g/mol. The minimum absolute atomic E-state index is 0.107. The maximum absolute atomic E-state index is 11.5. The van der Waals surface area contributed by atoms with Crippen molar-refractivity contribution >= 4 is 5.91 Å². The van der Waals surface area contributed by atoms with Gasteiger partial charge in [0.1, 0.15) is 11.5 Å². The van der Waals surface area contributed by atoms with Crippen molar-refractivity contribution in [3.05, 3.63) is 41.7 Å². The Morgan fingerprint density at radius 1 is 1.56 bits per heavy atom. The molecule has 0 unspecified atom stereocenters. The molecule has 0 fully saturated rings. The Balaban J connectivity index is 1.81. The number of carbonyl (C=O) groups is 1. The second-order valence-electron chi connectivity index (χ2n) is 3.46. The van der Waals surface area contributed by atoms with Crippen molar-refractivity contribution < 1.29 is 13.7 Å². The van der Waals surface area contributed by atoms with E-state index < -0.39 is 0 Å². The fourth-order valence-electron chi connectivity index (χ4n) is 1.33. The summed E-state index contributed by atoms with van der Waals surface area (Å²) < 4.78 is 9.96. The van der Waals surface area contributed by atoms with E-state index in [2.05, 4.69) is 10.5 Å². The lowest BCUT2D eigenvalue weighted by Crippen LogP contribution is -2.24. The smallest absolute Gasteiger partial charge is 0.226 e. The van der Waals surface area contributed by atoms with Gasteiger partial charge in [-0.05, 0) is 19.1 Å². The summed E-state index contributed by atoms with van der Waals surface area (Å²) >= 11 is 0. The Kier molecular flexibility index (Phi) is 3.05. The van der Waals surface area contributed by atoms with Gasteiger partial charge in [-0.25, -0.2) is 0 Å². The van der Waals surface area contributed by atoms with Crippen molar-refractivity contribution in [3.8, 4) is 0 Å². The van der Waals surface area contributed by atoms with Crippen LogP contribution in [-0.4, -0.2) is 11.1 Å². The number of nitrogens with one attached hydrogen (secondary N) is 1. The summed E-state index contributed by atoms with van der Waals surface area (Å²) in [6.45, 7) is 2.18. The third-order valence-electron chi connectivity index (χ3n) is 2.06. The van der Waals surface area contributed by atoms with Crippen LogP contribution in [0.5, 0.6) is 0 Å². The first-order valence-corrected chi connectivity index (χ1v) is 4.95. The van der Waals surface area contributed by atoms with E-state index in [1.807, 2.05) is 0 Å². The number of nitrogens with zero attached hydrogens (tertiary/aromatic N) is 1. The molecule has 0 spiro atoms. The highest BCUT2D eigenvalue weighted by atomic mass is 16.5. The van der Waals surface area contributed by atoms with E-state index in [0.717, 1.165) is 5.76 Å². The number of hydrogen-bond donors (Lipinski definition) is 1. The third kappa shape index (κ3) is 2.73. The van der Waals surface area contributed by atoms with Gasteiger partial charge in [-0.3, -0.25) is 4.79 Å². The molecule has 5 nitrogen and oxygen atoms in total. The topological polar surface area (TPSA) is 68.3 Å². The van der Waals surface area contributed by atoms with E-state index >= 15 is 0 Å². The zero-order valence-electron chi connectivity index (χ0n) is 8.90. The van der Waals surface area contributed by atoms with E-state index in [1.165, 1.54) is 0 Å². The number of furan rings is 1. The molecule has 1 amide bonds. The van der Waals surface area contributed by atoms with Crippen LogP contribution in [0, 0.1) is 6.92 Å². The number of carbonyl (C=O) groups excluding carboxylic acids is 1. The Morgan fingerprint density at radius 2 is 2.44 bits per heavy atom. The molecule has 0 saturated heterocycles. The summed E-state index contributed by atoms with van der Waals surface area (Å²) in [6.07, 6.45) is 1.79. The highest BCUT2D eigenvalue weighted by molar-refractivity contribution is 5.77. The van der Waals surface area contributed by atoms with Gasteiger partial charge in [0.25, 0.3) is 0 Å². The third-order valence-corrected chi connectivity index (χ3v) is 2.06. The minimum Gasteiger partial charge on any atom is -0.467 e. The lowest BCUT2D eigenvalue weighted by molar-refractivity contribution is -0.120. The van der Waals surface area contributed by atoms with Gasteiger partial charge < -0.3 is 14.3 Å². The van der Waals surface area contributed by atoms with Crippen molar-refractivity contribution in [2.24, 2.45) is 0 Å².